The van der Waals surface area contributed by atoms with Crippen LogP contribution in [0.3, 0.4) is 0 Å². The fraction of sp³-hybridized carbons (Fsp3) is 0.211. The van der Waals surface area contributed by atoms with E-state index in [9.17, 15) is 26.7 Å². The Kier molecular flexibility index (Phi) is 4.27. The van der Waals surface area contributed by atoms with Crippen molar-refractivity contribution in [1.82, 2.24) is 9.55 Å². The molecule has 4 nitrogen and oxygen atoms in total. The lowest BCUT2D eigenvalue weighted by Gasteiger charge is -2.22. The highest BCUT2D eigenvalue weighted by Gasteiger charge is 2.58. The molecular weight excluding hydrogens is 419 g/mol. The first-order chi connectivity index (χ1) is 13.5. The summed E-state index contributed by atoms with van der Waals surface area (Å²) in [5, 5.41) is 0.763. The summed E-state index contributed by atoms with van der Waals surface area (Å²) in [5.41, 5.74) is 0.452. The molecule has 4 aromatic rings. The lowest BCUT2D eigenvalue weighted by Crippen LogP contribution is -2.40. The van der Waals surface area contributed by atoms with Gasteiger partial charge in [-0.3, -0.25) is 4.79 Å². The lowest BCUT2D eigenvalue weighted by molar-refractivity contribution is -0.286. The number of halogens is 6. The van der Waals surface area contributed by atoms with E-state index in [0.717, 1.165) is 10.6 Å². The number of rotatable bonds is 3. The maximum Gasteiger partial charge on any atom is 0.455 e. The number of aryl methyl sites for hydroxylation is 1. The number of hydrogen-bond acceptors (Lipinski definition) is 2. The summed E-state index contributed by atoms with van der Waals surface area (Å²) in [5.74, 6) is -4.85. The van der Waals surface area contributed by atoms with E-state index in [-0.39, 0.29) is 22.0 Å². The first kappa shape index (κ1) is 19.5. The van der Waals surface area contributed by atoms with Gasteiger partial charge in [-0.1, -0.05) is 11.6 Å². The predicted molar refractivity (Wildman–Crippen MR) is 98.5 cm³/mol. The van der Waals surface area contributed by atoms with E-state index >= 15 is 0 Å². The van der Waals surface area contributed by atoms with Crippen LogP contribution in [0.5, 0.6) is 0 Å². The van der Waals surface area contributed by atoms with Gasteiger partial charge < -0.3 is 14.0 Å². The molecule has 0 atom stereocenters. The first-order valence-electron chi connectivity index (χ1n) is 8.34. The zero-order chi connectivity index (χ0) is 21.1. The molecule has 0 spiro atoms. The summed E-state index contributed by atoms with van der Waals surface area (Å²) in [6.45, 7) is -0.0629. The lowest BCUT2D eigenvalue weighted by atomic mass is 10.1. The number of aromatic amines is 1. The highest BCUT2D eigenvalue weighted by molar-refractivity contribution is 6.37. The van der Waals surface area contributed by atoms with Gasteiger partial charge in [-0.05, 0) is 36.8 Å². The molecule has 0 radical (unpaired) electrons. The number of H-pyrrole nitrogens is 1. The molecule has 0 aliphatic rings. The van der Waals surface area contributed by atoms with E-state index in [1.54, 1.807) is 6.92 Å². The molecule has 10 heteroatoms. The molecule has 0 aliphatic heterocycles. The molecular formula is C19H12ClF5N2O2. The molecule has 3 aromatic heterocycles. The summed E-state index contributed by atoms with van der Waals surface area (Å²) < 4.78 is 72.9. The van der Waals surface area contributed by atoms with Crippen LogP contribution in [0.4, 0.5) is 22.0 Å². The summed E-state index contributed by atoms with van der Waals surface area (Å²) >= 11 is 6.22. The second kappa shape index (κ2) is 6.35. The Morgan fingerprint density at radius 1 is 1.14 bits per heavy atom. The van der Waals surface area contributed by atoms with Crippen LogP contribution in [-0.4, -0.2) is 21.6 Å². The average molecular weight is 431 g/mol. The van der Waals surface area contributed by atoms with Crippen LogP contribution >= 0.6 is 11.6 Å². The molecule has 29 heavy (non-hydrogen) atoms. The molecule has 0 amide bonds. The summed E-state index contributed by atoms with van der Waals surface area (Å²) in [6, 6.07) is 6.88. The minimum atomic E-state index is -5.72. The van der Waals surface area contributed by atoms with Crippen molar-refractivity contribution in [3.05, 3.63) is 57.5 Å². The van der Waals surface area contributed by atoms with E-state index in [1.165, 1.54) is 30.5 Å². The SMILES string of the molecule is Cc1c(-c2ccco2)n(CC(F)(F)C(F)(F)F)c2ccc3[nH]c(=O)cc(Cl)c3c12. The standard InChI is InChI=1S/C19H12ClF5N2O2/c1-9-15-12(5-4-11-16(15)10(20)7-14(28)26-11)27(8-18(21,22)19(23,24)25)17(9)13-3-2-6-29-13/h2-7H,8H2,1H3,(H,26,28). The van der Waals surface area contributed by atoms with Crippen molar-refractivity contribution in [2.24, 2.45) is 0 Å². The van der Waals surface area contributed by atoms with Crippen LogP contribution in [0, 0.1) is 6.92 Å². The monoisotopic (exact) mass is 430 g/mol. The quantitative estimate of drug-likeness (QED) is 0.411. The molecule has 0 unspecified atom stereocenters. The molecule has 0 saturated carbocycles. The Balaban J connectivity index is 2.12. The van der Waals surface area contributed by atoms with Crippen LogP contribution in [0.1, 0.15) is 5.56 Å². The van der Waals surface area contributed by atoms with Crippen LogP contribution in [0.2, 0.25) is 5.02 Å². The number of alkyl halides is 5. The predicted octanol–water partition coefficient (Wildman–Crippen LogP) is 5.90. The molecule has 1 aromatic carbocycles. The third kappa shape index (κ3) is 3.00. The molecule has 3 heterocycles. The van der Waals surface area contributed by atoms with Crippen molar-refractivity contribution in [3.8, 4) is 11.5 Å². The van der Waals surface area contributed by atoms with Crippen molar-refractivity contribution in [3.63, 3.8) is 0 Å². The van der Waals surface area contributed by atoms with Gasteiger partial charge in [0.2, 0.25) is 5.56 Å². The van der Waals surface area contributed by atoms with Crippen LogP contribution in [0.15, 0.2) is 45.8 Å². The number of nitrogens with zero attached hydrogens (tertiary/aromatic N) is 1. The highest BCUT2D eigenvalue weighted by atomic mass is 35.5. The normalized spacial score (nSPS) is 12.9. The molecule has 0 aliphatic carbocycles. The van der Waals surface area contributed by atoms with E-state index < -0.39 is 24.2 Å². The van der Waals surface area contributed by atoms with E-state index in [2.05, 4.69) is 4.98 Å². The molecule has 152 valence electrons. The van der Waals surface area contributed by atoms with Gasteiger partial charge in [0.05, 0.1) is 29.0 Å². The minimum Gasteiger partial charge on any atom is -0.463 e. The van der Waals surface area contributed by atoms with Gasteiger partial charge in [-0.15, -0.1) is 0 Å². The van der Waals surface area contributed by atoms with Crippen molar-refractivity contribution in [2.75, 3.05) is 0 Å². The maximum absolute atomic E-state index is 14.0. The van der Waals surface area contributed by atoms with Crippen LogP contribution < -0.4 is 5.56 Å². The van der Waals surface area contributed by atoms with Crippen LogP contribution in [0.25, 0.3) is 33.3 Å². The topological polar surface area (TPSA) is 50.9 Å². The Morgan fingerprint density at radius 2 is 1.86 bits per heavy atom. The van der Waals surface area contributed by atoms with Crippen molar-refractivity contribution in [2.45, 2.75) is 25.6 Å². The zero-order valence-electron chi connectivity index (χ0n) is 14.7. The third-order valence-corrected chi connectivity index (χ3v) is 5.05. The number of benzene rings is 1. The largest absolute Gasteiger partial charge is 0.463 e. The summed E-state index contributed by atoms with van der Waals surface area (Å²) in [7, 11) is 0. The molecule has 0 saturated heterocycles. The Hall–Kier alpha value is -2.81. The summed E-state index contributed by atoms with van der Waals surface area (Å²) in [4.78, 5) is 14.3. The Labute approximate surface area is 164 Å². The Bertz CT molecular complexity index is 1290. The van der Waals surface area contributed by atoms with Gasteiger partial charge in [-0.2, -0.15) is 22.0 Å². The second-order valence-electron chi connectivity index (χ2n) is 6.60. The van der Waals surface area contributed by atoms with Gasteiger partial charge in [0, 0.05) is 22.4 Å². The molecule has 0 fully saturated rings. The molecule has 1 N–H and O–H groups in total. The highest BCUT2D eigenvalue weighted by Crippen LogP contribution is 2.43. The molecule has 4 rings (SSSR count). The Morgan fingerprint density at radius 3 is 2.48 bits per heavy atom. The zero-order valence-corrected chi connectivity index (χ0v) is 15.5. The third-order valence-electron chi connectivity index (χ3n) is 4.75. The summed E-state index contributed by atoms with van der Waals surface area (Å²) in [6.07, 6.45) is -4.43. The van der Waals surface area contributed by atoms with Gasteiger partial charge in [0.25, 0.3) is 0 Å². The number of aromatic nitrogens is 2. The number of pyridine rings is 1. The van der Waals surface area contributed by atoms with Gasteiger partial charge >= 0.3 is 12.1 Å². The first-order valence-corrected chi connectivity index (χ1v) is 8.72. The van der Waals surface area contributed by atoms with Crippen molar-refractivity contribution < 1.29 is 26.4 Å². The molecule has 0 bridgehead atoms. The van der Waals surface area contributed by atoms with Crippen molar-refractivity contribution in [1.29, 1.82) is 0 Å². The smallest absolute Gasteiger partial charge is 0.455 e. The number of furan rings is 1. The fourth-order valence-electron chi connectivity index (χ4n) is 3.53. The maximum atomic E-state index is 14.0. The number of hydrogen-bond donors (Lipinski definition) is 1. The van der Waals surface area contributed by atoms with Gasteiger partial charge in [-0.25, -0.2) is 0 Å². The number of fused-ring (bicyclic) bond motifs is 3. The van der Waals surface area contributed by atoms with Crippen LogP contribution in [-0.2, 0) is 6.54 Å². The van der Waals surface area contributed by atoms with Gasteiger partial charge in [0.15, 0.2) is 5.76 Å². The van der Waals surface area contributed by atoms with Gasteiger partial charge in [0.1, 0.15) is 0 Å². The second-order valence-corrected chi connectivity index (χ2v) is 7.01. The van der Waals surface area contributed by atoms with E-state index in [4.69, 9.17) is 16.0 Å². The average Bonchev–Trinajstić information content (AvgIpc) is 3.20. The van der Waals surface area contributed by atoms with E-state index in [1.807, 2.05) is 0 Å². The van der Waals surface area contributed by atoms with E-state index in [0.29, 0.717) is 21.9 Å². The van der Waals surface area contributed by atoms with Crippen molar-refractivity contribution >= 4 is 33.4 Å². The fourth-order valence-corrected chi connectivity index (χ4v) is 3.82. The minimum absolute atomic E-state index is 0.0585. The number of nitrogens with one attached hydrogen (secondary N) is 1.